The van der Waals surface area contributed by atoms with Gasteiger partial charge in [0.2, 0.25) is 0 Å². The van der Waals surface area contributed by atoms with Gasteiger partial charge in [-0.05, 0) is 51.9 Å². The van der Waals surface area contributed by atoms with Crippen molar-refractivity contribution in [3.63, 3.8) is 0 Å². The van der Waals surface area contributed by atoms with Crippen LogP contribution in [0.2, 0.25) is 0 Å². The fraction of sp³-hybridized carbons (Fsp3) is 0.636. The first-order chi connectivity index (χ1) is 14.5. The molecule has 0 saturated heterocycles. The molecule has 1 amide bonds. The quantitative estimate of drug-likeness (QED) is 0.711. The average molecular weight is 414 g/mol. The zero-order chi connectivity index (χ0) is 21.1. The van der Waals surface area contributed by atoms with Gasteiger partial charge in [0.15, 0.2) is 11.6 Å². The van der Waals surface area contributed by atoms with Crippen LogP contribution in [0.4, 0.5) is 4.79 Å². The molecule has 2 aliphatic carbocycles. The molecule has 2 heterocycles. The zero-order valence-corrected chi connectivity index (χ0v) is 18.1. The minimum atomic E-state index is -0.305. The molecular weight excluding hydrogens is 382 g/mol. The molecule has 0 unspecified atom stereocenters. The predicted octanol–water partition coefficient (Wildman–Crippen LogP) is 4.02. The highest BCUT2D eigenvalue weighted by atomic mass is 16.6. The summed E-state index contributed by atoms with van der Waals surface area (Å²) >= 11 is 0. The number of carbonyl (C=O) groups excluding carboxylic acids is 1. The lowest BCUT2D eigenvalue weighted by Gasteiger charge is -2.33. The topological polar surface area (TPSA) is 82.4 Å². The van der Waals surface area contributed by atoms with Crippen LogP contribution in [0.3, 0.4) is 0 Å². The van der Waals surface area contributed by atoms with E-state index >= 15 is 0 Å². The Morgan fingerprint density at radius 3 is 2.60 bits per heavy atom. The molecule has 0 atom stereocenters. The van der Waals surface area contributed by atoms with Gasteiger partial charge in [-0.3, -0.25) is 4.68 Å². The van der Waals surface area contributed by atoms with Crippen molar-refractivity contribution in [1.82, 2.24) is 24.6 Å². The highest BCUT2D eigenvalue weighted by Gasteiger charge is 2.27. The summed E-state index contributed by atoms with van der Waals surface area (Å²) in [5.41, 5.74) is 2.34. The second-order valence-corrected chi connectivity index (χ2v) is 8.40. The molecule has 2 saturated carbocycles. The molecule has 0 radical (unpaired) electrons. The van der Waals surface area contributed by atoms with Gasteiger partial charge >= 0.3 is 6.09 Å². The van der Waals surface area contributed by atoms with Crippen molar-refractivity contribution in [2.24, 2.45) is 7.05 Å². The molecule has 2 aliphatic rings. The molecule has 8 nitrogen and oxygen atoms in total. The lowest BCUT2D eigenvalue weighted by molar-refractivity contribution is 0.0734. The first kappa shape index (κ1) is 20.6. The summed E-state index contributed by atoms with van der Waals surface area (Å²) in [5, 5.41) is 4.32. The van der Waals surface area contributed by atoms with Crippen molar-refractivity contribution < 1.29 is 14.3 Å². The second kappa shape index (κ2) is 9.02. The lowest BCUT2D eigenvalue weighted by Crippen LogP contribution is -2.41. The first-order valence-corrected chi connectivity index (χ1v) is 10.9. The largest absolute Gasteiger partial charge is 0.487 e. The number of hydrogen-bond donors (Lipinski definition) is 0. The fourth-order valence-corrected chi connectivity index (χ4v) is 4.04. The third kappa shape index (κ3) is 4.42. The Kier molecular flexibility index (Phi) is 6.20. The Bertz CT molecular complexity index is 887. The fourth-order valence-electron chi connectivity index (χ4n) is 4.04. The van der Waals surface area contributed by atoms with Crippen LogP contribution in [0.1, 0.15) is 62.8 Å². The van der Waals surface area contributed by atoms with Gasteiger partial charge in [0.25, 0.3) is 0 Å². The Hall–Kier alpha value is -2.64. The van der Waals surface area contributed by atoms with E-state index in [1.165, 1.54) is 25.7 Å². The molecule has 2 aromatic rings. The molecule has 8 heteroatoms. The second-order valence-electron chi connectivity index (χ2n) is 8.40. The zero-order valence-electron chi connectivity index (χ0n) is 18.1. The smallest absolute Gasteiger partial charge is 0.410 e. The molecule has 162 valence electrons. The van der Waals surface area contributed by atoms with Gasteiger partial charge in [-0.15, -0.1) is 0 Å². The summed E-state index contributed by atoms with van der Waals surface area (Å²) < 4.78 is 13.4. The summed E-state index contributed by atoms with van der Waals surface area (Å²) in [6.07, 6.45) is 12.6. The molecule has 2 aromatic heterocycles. The maximum Gasteiger partial charge on any atom is 0.410 e. The predicted molar refractivity (Wildman–Crippen MR) is 112 cm³/mol. The van der Waals surface area contributed by atoms with Gasteiger partial charge in [-0.1, -0.05) is 6.42 Å². The monoisotopic (exact) mass is 413 g/mol. The molecule has 0 bridgehead atoms. The van der Waals surface area contributed by atoms with Crippen LogP contribution in [-0.2, 0) is 18.4 Å². The van der Waals surface area contributed by atoms with E-state index < -0.39 is 0 Å². The van der Waals surface area contributed by atoms with E-state index in [0.29, 0.717) is 11.9 Å². The maximum atomic E-state index is 12.3. The summed E-state index contributed by atoms with van der Waals surface area (Å²) in [6, 6.07) is 0.297. The van der Waals surface area contributed by atoms with Crippen LogP contribution in [0.15, 0.2) is 12.4 Å². The van der Waals surface area contributed by atoms with Crippen LogP contribution < -0.4 is 4.74 Å². The number of rotatable bonds is 6. The summed E-state index contributed by atoms with van der Waals surface area (Å²) in [6.45, 7) is 2.07. The van der Waals surface area contributed by atoms with Crippen LogP contribution in [0, 0.1) is 6.92 Å². The van der Waals surface area contributed by atoms with Gasteiger partial charge in [0, 0.05) is 20.1 Å². The molecule has 4 rings (SSSR count). The first-order valence-electron chi connectivity index (χ1n) is 10.9. The van der Waals surface area contributed by atoms with Gasteiger partial charge in [-0.25, -0.2) is 14.8 Å². The van der Waals surface area contributed by atoms with Crippen LogP contribution in [0.5, 0.6) is 5.75 Å². The minimum Gasteiger partial charge on any atom is -0.487 e. The molecule has 0 spiro atoms. The molecule has 2 fully saturated rings. The van der Waals surface area contributed by atoms with Crippen LogP contribution in [0.25, 0.3) is 11.4 Å². The van der Waals surface area contributed by atoms with E-state index in [1.807, 2.05) is 14.0 Å². The highest BCUT2D eigenvalue weighted by Crippen LogP contribution is 2.28. The van der Waals surface area contributed by atoms with Crippen LogP contribution in [-0.4, -0.2) is 49.9 Å². The molecule has 0 aliphatic heterocycles. The number of aryl methyl sites for hydroxylation is 2. The molecule has 0 N–H and O–H groups in total. The Morgan fingerprint density at radius 1 is 1.17 bits per heavy atom. The van der Waals surface area contributed by atoms with Gasteiger partial charge < -0.3 is 14.4 Å². The number of carbonyl (C=O) groups is 1. The van der Waals surface area contributed by atoms with E-state index in [9.17, 15) is 4.79 Å². The normalized spacial score (nSPS) is 17.4. The third-order valence-corrected chi connectivity index (χ3v) is 6.33. The summed E-state index contributed by atoms with van der Waals surface area (Å²) in [7, 11) is 3.63. The number of hydrogen-bond acceptors (Lipinski definition) is 6. The van der Waals surface area contributed by atoms with E-state index in [2.05, 4.69) is 15.1 Å². The van der Waals surface area contributed by atoms with E-state index in [0.717, 1.165) is 48.4 Å². The van der Waals surface area contributed by atoms with Crippen LogP contribution >= 0.6 is 0 Å². The van der Waals surface area contributed by atoms with Crippen molar-refractivity contribution in [1.29, 1.82) is 0 Å². The number of nitrogens with zero attached hydrogens (tertiary/aromatic N) is 5. The molecule has 0 aromatic carbocycles. The molecular formula is C22H31N5O3. The standard InChI is InChI=1S/C22H31N5O3/c1-15-20(30-17-10-5-4-6-11-17)13-23-21(25-15)18-12-24-27(3)19(18)14-29-22(28)26(2)16-8-7-9-16/h12-13,16-17H,4-11,14H2,1-3H3. The van der Waals surface area contributed by atoms with E-state index in [1.54, 1.807) is 29.0 Å². The van der Waals surface area contributed by atoms with Crippen molar-refractivity contribution in [3.8, 4) is 17.1 Å². The maximum absolute atomic E-state index is 12.3. The Morgan fingerprint density at radius 2 is 1.93 bits per heavy atom. The number of aromatic nitrogens is 4. The average Bonchev–Trinajstić information content (AvgIpc) is 3.07. The van der Waals surface area contributed by atoms with E-state index in [4.69, 9.17) is 9.47 Å². The summed E-state index contributed by atoms with van der Waals surface area (Å²) in [4.78, 5) is 23.2. The third-order valence-electron chi connectivity index (χ3n) is 6.33. The Labute approximate surface area is 177 Å². The van der Waals surface area contributed by atoms with E-state index in [-0.39, 0.29) is 18.8 Å². The van der Waals surface area contributed by atoms with Gasteiger partial charge in [-0.2, -0.15) is 5.10 Å². The molecule has 30 heavy (non-hydrogen) atoms. The lowest BCUT2D eigenvalue weighted by atomic mass is 9.92. The van der Waals surface area contributed by atoms with Gasteiger partial charge in [0.1, 0.15) is 6.61 Å². The minimum absolute atomic E-state index is 0.129. The van der Waals surface area contributed by atoms with Crippen molar-refractivity contribution >= 4 is 6.09 Å². The number of amides is 1. The van der Waals surface area contributed by atoms with Crippen molar-refractivity contribution in [2.45, 2.75) is 77.0 Å². The summed E-state index contributed by atoms with van der Waals surface area (Å²) in [5.74, 6) is 1.31. The van der Waals surface area contributed by atoms with Gasteiger partial charge in [0.05, 0.1) is 35.4 Å². The van der Waals surface area contributed by atoms with Crippen molar-refractivity contribution in [2.75, 3.05) is 7.05 Å². The SMILES string of the molecule is Cc1nc(-c2cnn(C)c2COC(=O)N(C)C2CCC2)ncc1OC1CCCCC1. The number of ether oxygens (including phenoxy) is 2. The Balaban J connectivity index is 1.45. The highest BCUT2D eigenvalue weighted by molar-refractivity contribution is 5.68. The van der Waals surface area contributed by atoms with Crippen molar-refractivity contribution in [3.05, 3.63) is 23.8 Å².